The Morgan fingerprint density at radius 3 is 3.44 bits per heavy atom. The molecule has 2 rings (SSSR count). The second-order valence-corrected chi connectivity index (χ2v) is 1.71. The Morgan fingerprint density at radius 1 is 1.56 bits per heavy atom. The highest BCUT2D eigenvalue weighted by Gasteiger charge is 1.90. The first-order valence-corrected chi connectivity index (χ1v) is 2.63. The molecule has 0 amide bonds. The van der Waals surface area contributed by atoms with Gasteiger partial charge in [0.2, 0.25) is 0 Å². The van der Waals surface area contributed by atoms with Crippen molar-refractivity contribution in [1.82, 2.24) is 15.0 Å². The zero-order valence-electron chi connectivity index (χ0n) is 4.63. The van der Waals surface area contributed by atoms with E-state index < -0.39 is 0 Å². The van der Waals surface area contributed by atoms with Crippen LogP contribution in [0, 0.1) is 6.20 Å². The van der Waals surface area contributed by atoms with E-state index in [9.17, 15) is 0 Å². The molecule has 1 radical (unpaired) electrons. The van der Waals surface area contributed by atoms with Crippen LogP contribution in [0.15, 0.2) is 18.5 Å². The summed E-state index contributed by atoms with van der Waals surface area (Å²) in [7, 11) is 0. The zero-order chi connectivity index (χ0) is 6.10. The van der Waals surface area contributed by atoms with Crippen molar-refractivity contribution in [2.45, 2.75) is 0 Å². The van der Waals surface area contributed by atoms with E-state index in [0.29, 0.717) is 0 Å². The van der Waals surface area contributed by atoms with Gasteiger partial charge in [-0.25, -0.2) is 4.98 Å². The van der Waals surface area contributed by atoms with Gasteiger partial charge in [-0.2, -0.15) is 0 Å². The topological polar surface area (TPSA) is 41.6 Å². The summed E-state index contributed by atoms with van der Waals surface area (Å²) in [6, 6.07) is 1.87. The Kier molecular flexibility index (Phi) is 0.773. The van der Waals surface area contributed by atoms with Crippen LogP contribution >= 0.6 is 0 Å². The Labute approximate surface area is 51.8 Å². The van der Waals surface area contributed by atoms with E-state index >= 15 is 0 Å². The fourth-order valence-electron chi connectivity index (χ4n) is 0.738. The number of fused-ring (bicyclic) bond motifs is 1. The minimum atomic E-state index is 0.789. The molecule has 2 aromatic rings. The Hall–Kier alpha value is -1.38. The number of aromatic amines is 1. The maximum atomic E-state index is 3.99. The first-order chi connectivity index (χ1) is 4.47. The number of nitrogens with one attached hydrogen (secondary N) is 1. The molecule has 0 aliphatic carbocycles. The molecule has 1 N–H and O–H groups in total. The van der Waals surface area contributed by atoms with Gasteiger partial charge in [-0.05, 0) is 6.07 Å². The number of hydrogen-bond acceptors (Lipinski definition) is 2. The predicted molar refractivity (Wildman–Crippen MR) is 32.7 cm³/mol. The molecule has 0 unspecified atom stereocenters. The van der Waals surface area contributed by atoms with Crippen molar-refractivity contribution in [3.8, 4) is 0 Å². The third kappa shape index (κ3) is 0.579. The van der Waals surface area contributed by atoms with Crippen LogP contribution in [0.2, 0.25) is 0 Å². The van der Waals surface area contributed by atoms with Crippen molar-refractivity contribution in [3.05, 3.63) is 24.7 Å². The molecular weight excluding hydrogens is 114 g/mol. The summed E-state index contributed by atoms with van der Waals surface area (Å²) in [5.74, 6) is 0. The fraction of sp³-hybridized carbons (Fsp3) is 0. The van der Waals surface area contributed by atoms with Crippen molar-refractivity contribution >= 4 is 11.2 Å². The van der Waals surface area contributed by atoms with Crippen molar-refractivity contribution < 1.29 is 0 Å². The van der Waals surface area contributed by atoms with Gasteiger partial charge in [0.25, 0.3) is 0 Å². The average molecular weight is 118 g/mol. The molecular formula is C6H4N3. The maximum Gasteiger partial charge on any atom is 0.156 e. The predicted octanol–water partition coefficient (Wildman–Crippen LogP) is 0.758. The van der Waals surface area contributed by atoms with E-state index in [0.717, 1.165) is 11.2 Å². The molecule has 0 aliphatic rings. The van der Waals surface area contributed by atoms with E-state index in [1.54, 1.807) is 12.4 Å². The fourth-order valence-corrected chi connectivity index (χ4v) is 0.738. The first-order valence-electron chi connectivity index (χ1n) is 2.63. The Morgan fingerprint density at radius 2 is 2.56 bits per heavy atom. The lowest BCUT2D eigenvalue weighted by molar-refractivity contribution is 1.25. The summed E-state index contributed by atoms with van der Waals surface area (Å²) in [4.78, 5) is 10.8. The molecule has 0 spiro atoms. The summed E-state index contributed by atoms with van der Waals surface area (Å²) in [5, 5.41) is 0. The van der Waals surface area contributed by atoms with Crippen molar-refractivity contribution in [2.75, 3.05) is 0 Å². The highest BCUT2D eigenvalue weighted by atomic mass is 14.9. The molecule has 3 heteroatoms. The van der Waals surface area contributed by atoms with Crippen LogP contribution in [-0.2, 0) is 0 Å². The average Bonchev–Trinajstić information content (AvgIpc) is 2.33. The van der Waals surface area contributed by atoms with Gasteiger partial charge in [-0.3, -0.25) is 4.98 Å². The van der Waals surface area contributed by atoms with Gasteiger partial charge in [0, 0.05) is 6.20 Å². The summed E-state index contributed by atoms with van der Waals surface area (Å²) >= 11 is 0. The number of rotatable bonds is 0. The third-order valence-electron chi connectivity index (χ3n) is 1.14. The minimum Gasteiger partial charge on any atom is -0.345 e. The zero-order valence-corrected chi connectivity index (χ0v) is 4.63. The summed E-state index contributed by atoms with van der Waals surface area (Å²) in [6.07, 6.45) is 5.98. The van der Waals surface area contributed by atoms with E-state index in [1.165, 1.54) is 0 Å². The van der Waals surface area contributed by atoms with Gasteiger partial charge >= 0.3 is 0 Å². The smallest absolute Gasteiger partial charge is 0.156 e. The van der Waals surface area contributed by atoms with Crippen LogP contribution in [0.3, 0.4) is 0 Å². The highest BCUT2D eigenvalue weighted by Crippen LogP contribution is 2.01. The third-order valence-corrected chi connectivity index (χ3v) is 1.14. The van der Waals surface area contributed by atoms with Crippen LogP contribution in [0.4, 0.5) is 0 Å². The van der Waals surface area contributed by atoms with Gasteiger partial charge in [0.15, 0.2) is 5.65 Å². The summed E-state index contributed by atoms with van der Waals surface area (Å²) in [5.41, 5.74) is 1.67. The molecule has 3 nitrogen and oxygen atoms in total. The first kappa shape index (κ1) is 4.49. The number of aromatic nitrogens is 3. The number of nitrogens with zero attached hydrogens (tertiary/aromatic N) is 2. The van der Waals surface area contributed by atoms with E-state index in [1.807, 2.05) is 6.07 Å². The van der Waals surface area contributed by atoms with E-state index in [4.69, 9.17) is 0 Å². The standard InChI is InChI=1S/C6H4N3/c1-2-8-6-5(1)7-3-4-9-6/h1-3H,(H,8,9). The van der Waals surface area contributed by atoms with Gasteiger partial charge in [0.1, 0.15) is 11.7 Å². The Balaban J connectivity index is 2.95. The molecule has 2 heterocycles. The lowest BCUT2D eigenvalue weighted by Crippen LogP contribution is -1.76. The minimum absolute atomic E-state index is 0.789. The van der Waals surface area contributed by atoms with E-state index in [2.05, 4.69) is 21.1 Å². The quantitative estimate of drug-likeness (QED) is 0.554. The number of hydrogen-bond donors (Lipinski definition) is 1. The molecule has 0 saturated carbocycles. The second-order valence-electron chi connectivity index (χ2n) is 1.71. The van der Waals surface area contributed by atoms with Crippen LogP contribution in [0.1, 0.15) is 0 Å². The lowest BCUT2D eigenvalue weighted by atomic mass is 10.5. The largest absolute Gasteiger partial charge is 0.345 e. The van der Waals surface area contributed by atoms with Gasteiger partial charge in [-0.1, -0.05) is 0 Å². The monoisotopic (exact) mass is 118 g/mol. The van der Waals surface area contributed by atoms with Crippen LogP contribution in [0.5, 0.6) is 0 Å². The molecule has 0 atom stereocenters. The van der Waals surface area contributed by atoms with Gasteiger partial charge in [0.05, 0.1) is 6.20 Å². The summed E-state index contributed by atoms with van der Waals surface area (Å²) in [6.45, 7) is 0. The van der Waals surface area contributed by atoms with Crippen LogP contribution in [0.25, 0.3) is 11.2 Å². The molecule has 9 heavy (non-hydrogen) atoms. The SMILES string of the molecule is [c]1cnc2cc[nH]c2n1. The van der Waals surface area contributed by atoms with E-state index in [-0.39, 0.29) is 0 Å². The number of H-pyrrole nitrogens is 1. The normalized spacial score (nSPS) is 10.2. The molecule has 0 aliphatic heterocycles. The van der Waals surface area contributed by atoms with Crippen LogP contribution in [-0.4, -0.2) is 15.0 Å². The molecule has 0 fully saturated rings. The van der Waals surface area contributed by atoms with Crippen molar-refractivity contribution in [1.29, 1.82) is 0 Å². The van der Waals surface area contributed by atoms with Gasteiger partial charge in [-0.15, -0.1) is 0 Å². The highest BCUT2D eigenvalue weighted by molar-refractivity contribution is 5.69. The second kappa shape index (κ2) is 1.55. The maximum absolute atomic E-state index is 3.99. The van der Waals surface area contributed by atoms with Gasteiger partial charge < -0.3 is 4.98 Å². The van der Waals surface area contributed by atoms with Crippen molar-refractivity contribution in [3.63, 3.8) is 0 Å². The molecule has 43 valence electrons. The molecule has 2 aromatic heterocycles. The molecule has 0 bridgehead atoms. The van der Waals surface area contributed by atoms with Crippen molar-refractivity contribution in [2.24, 2.45) is 0 Å². The Bertz CT molecular complexity index is 282. The molecule has 0 aromatic carbocycles. The van der Waals surface area contributed by atoms with Crippen LogP contribution < -0.4 is 0 Å². The summed E-state index contributed by atoms with van der Waals surface area (Å²) < 4.78 is 0. The molecule has 0 saturated heterocycles. The lowest BCUT2D eigenvalue weighted by Gasteiger charge is -1.81.